The molecule has 2 N–H and O–H groups in total. The smallest absolute Gasteiger partial charge is 0.0907 e. The summed E-state index contributed by atoms with van der Waals surface area (Å²) in [4.78, 5) is 4.40. The average Bonchev–Trinajstić information content (AvgIpc) is 2.54. The Balaban J connectivity index is 2.45. The normalized spacial score (nSPS) is 11.6. The summed E-state index contributed by atoms with van der Waals surface area (Å²) < 4.78 is 1.24. The van der Waals surface area contributed by atoms with Crippen molar-refractivity contribution in [3.8, 4) is 0 Å². The Kier molecular flexibility index (Phi) is 2.61. The van der Waals surface area contributed by atoms with E-state index in [1.165, 1.54) is 10.3 Å². The van der Waals surface area contributed by atoms with E-state index >= 15 is 0 Å². The summed E-state index contributed by atoms with van der Waals surface area (Å²) in [6.07, 6.45) is 3.99. The summed E-state index contributed by atoms with van der Waals surface area (Å²) in [5.41, 5.74) is 7.66. The minimum atomic E-state index is 0.583. The minimum absolute atomic E-state index is 0.583. The van der Waals surface area contributed by atoms with Crippen LogP contribution in [0.5, 0.6) is 0 Å². The number of rotatable bonds is 2. The number of hydrogen-bond acceptors (Lipinski definition) is 3. The molecule has 0 unspecified atom stereocenters. The van der Waals surface area contributed by atoms with Crippen molar-refractivity contribution >= 4 is 27.6 Å². The van der Waals surface area contributed by atoms with Crippen molar-refractivity contribution in [2.24, 2.45) is 5.73 Å². The van der Waals surface area contributed by atoms with Gasteiger partial charge in [-0.05, 0) is 24.6 Å². The van der Waals surface area contributed by atoms with Crippen molar-refractivity contribution in [2.75, 3.05) is 6.54 Å². The molecular formula is C11H12N2S. The van der Waals surface area contributed by atoms with Crippen molar-refractivity contribution in [3.63, 3.8) is 0 Å². The first-order valence-corrected chi connectivity index (χ1v) is 5.35. The molecule has 0 aliphatic carbocycles. The van der Waals surface area contributed by atoms with Crippen LogP contribution in [0.1, 0.15) is 10.6 Å². The van der Waals surface area contributed by atoms with Gasteiger partial charge in [-0.3, -0.25) is 0 Å². The van der Waals surface area contributed by atoms with Gasteiger partial charge < -0.3 is 5.73 Å². The Morgan fingerprint density at radius 2 is 2.36 bits per heavy atom. The zero-order valence-corrected chi connectivity index (χ0v) is 8.84. The summed E-state index contributed by atoms with van der Waals surface area (Å²) in [7, 11) is 0. The van der Waals surface area contributed by atoms with Gasteiger partial charge in [-0.2, -0.15) is 0 Å². The lowest BCUT2D eigenvalue weighted by Crippen LogP contribution is -1.91. The standard InChI is InChI=1S/C11H12N2S/c1-8-13-10-5-4-9(3-2-6-12)7-11(10)14-8/h2-5,7H,6,12H2,1H3/b3-2+. The lowest BCUT2D eigenvalue weighted by molar-refractivity contribution is 1.26. The van der Waals surface area contributed by atoms with E-state index in [4.69, 9.17) is 5.73 Å². The number of aromatic nitrogens is 1. The molecule has 1 aromatic heterocycles. The van der Waals surface area contributed by atoms with E-state index in [-0.39, 0.29) is 0 Å². The number of fused-ring (bicyclic) bond motifs is 1. The Labute approximate surface area is 87.1 Å². The Morgan fingerprint density at radius 1 is 1.50 bits per heavy atom. The number of hydrogen-bond donors (Lipinski definition) is 1. The van der Waals surface area contributed by atoms with Gasteiger partial charge in [-0.1, -0.05) is 18.2 Å². The molecule has 0 fully saturated rings. The SMILES string of the molecule is Cc1nc2ccc(/C=C/CN)cc2s1. The zero-order chi connectivity index (χ0) is 9.97. The van der Waals surface area contributed by atoms with E-state index in [0.29, 0.717) is 6.54 Å². The predicted octanol–water partition coefficient (Wildman–Crippen LogP) is 2.58. The van der Waals surface area contributed by atoms with Gasteiger partial charge in [0.1, 0.15) is 0 Å². The molecule has 0 amide bonds. The number of nitrogens with zero attached hydrogens (tertiary/aromatic N) is 1. The topological polar surface area (TPSA) is 38.9 Å². The van der Waals surface area contributed by atoms with Crippen LogP contribution in [-0.4, -0.2) is 11.5 Å². The molecular weight excluding hydrogens is 192 g/mol. The largest absolute Gasteiger partial charge is 0.327 e. The Bertz CT molecular complexity index is 471. The summed E-state index contributed by atoms with van der Waals surface area (Å²) in [5.74, 6) is 0. The molecule has 0 aliphatic heterocycles. The molecule has 14 heavy (non-hydrogen) atoms. The van der Waals surface area contributed by atoms with E-state index < -0.39 is 0 Å². The Morgan fingerprint density at radius 3 is 3.14 bits per heavy atom. The molecule has 0 saturated carbocycles. The van der Waals surface area contributed by atoms with E-state index in [1.54, 1.807) is 11.3 Å². The highest BCUT2D eigenvalue weighted by Gasteiger charge is 1.99. The maximum Gasteiger partial charge on any atom is 0.0907 e. The maximum atomic E-state index is 5.40. The van der Waals surface area contributed by atoms with Gasteiger partial charge in [0.25, 0.3) is 0 Å². The van der Waals surface area contributed by atoms with Crippen LogP contribution in [0, 0.1) is 6.92 Å². The van der Waals surface area contributed by atoms with Crippen LogP contribution in [0.25, 0.3) is 16.3 Å². The second kappa shape index (κ2) is 3.90. The lowest BCUT2D eigenvalue weighted by atomic mass is 10.2. The first kappa shape index (κ1) is 9.37. The molecule has 2 nitrogen and oxygen atoms in total. The molecule has 0 saturated heterocycles. The molecule has 0 spiro atoms. The third-order valence-corrected chi connectivity index (χ3v) is 2.90. The van der Waals surface area contributed by atoms with Gasteiger partial charge in [-0.15, -0.1) is 11.3 Å². The van der Waals surface area contributed by atoms with E-state index in [1.807, 2.05) is 19.1 Å². The third-order valence-electron chi connectivity index (χ3n) is 1.97. The third kappa shape index (κ3) is 1.84. The van der Waals surface area contributed by atoms with Crippen LogP contribution >= 0.6 is 11.3 Å². The second-order valence-corrected chi connectivity index (χ2v) is 4.33. The van der Waals surface area contributed by atoms with Crippen LogP contribution in [0.4, 0.5) is 0 Å². The van der Waals surface area contributed by atoms with Gasteiger partial charge in [-0.25, -0.2) is 4.98 Å². The van der Waals surface area contributed by atoms with Gasteiger partial charge >= 0.3 is 0 Å². The fraction of sp³-hybridized carbons (Fsp3) is 0.182. The molecule has 1 aromatic carbocycles. The Hall–Kier alpha value is -1.19. The number of aryl methyl sites for hydroxylation is 1. The molecule has 1 heterocycles. The predicted molar refractivity (Wildman–Crippen MR) is 62.4 cm³/mol. The van der Waals surface area contributed by atoms with Gasteiger partial charge in [0.15, 0.2) is 0 Å². The van der Waals surface area contributed by atoms with Crippen LogP contribution in [-0.2, 0) is 0 Å². The molecule has 2 rings (SSSR count). The van der Waals surface area contributed by atoms with Gasteiger partial charge in [0, 0.05) is 6.54 Å². The quantitative estimate of drug-likeness (QED) is 0.816. The summed E-state index contributed by atoms with van der Waals surface area (Å²) in [5, 5.41) is 1.11. The van der Waals surface area contributed by atoms with Gasteiger partial charge in [0.05, 0.1) is 15.2 Å². The van der Waals surface area contributed by atoms with Crippen molar-refractivity contribution in [2.45, 2.75) is 6.92 Å². The molecule has 0 atom stereocenters. The lowest BCUT2D eigenvalue weighted by Gasteiger charge is -1.92. The van der Waals surface area contributed by atoms with Crippen LogP contribution in [0.2, 0.25) is 0 Å². The van der Waals surface area contributed by atoms with Crippen LogP contribution in [0.15, 0.2) is 24.3 Å². The van der Waals surface area contributed by atoms with E-state index in [0.717, 1.165) is 10.5 Å². The van der Waals surface area contributed by atoms with Gasteiger partial charge in [0.2, 0.25) is 0 Å². The van der Waals surface area contributed by atoms with Crippen LogP contribution in [0.3, 0.4) is 0 Å². The zero-order valence-electron chi connectivity index (χ0n) is 8.03. The average molecular weight is 204 g/mol. The van der Waals surface area contributed by atoms with Crippen LogP contribution < -0.4 is 5.73 Å². The number of benzene rings is 1. The first-order valence-electron chi connectivity index (χ1n) is 4.53. The number of thiazole rings is 1. The second-order valence-electron chi connectivity index (χ2n) is 3.10. The van der Waals surface area contributed by atoms with Crippen molar-refractivity contribution in [1.29, 1.82) is 0 Å². The molecule has 0 aliphatic rings. The highest BCUT2D eigenvalue weighted by Crippen LogP contribution is 2.22. The van der Waals surface area contributed by atoms with E-state index in [2.05, 4.69) is 23.2 Å². The molecule has 3 heteroatoms. The summed E-state index contributed by atoms with van der Waals surface area (Å²) in [6, 6.07) is 6.26. The molecule has 0 bridgehead atoms. The highest BCUT2D eigenvalue weighted by molar-refractivity contribution is 7.18. The van der Waals surface area contributed by atoms with Crippen molar-refractivity contribution < 1.29 is 0 Å². The highest BCUT2D eigenvalue weighted by atomic mass is 32.1. The fourth-order valence-electron chi connectivity index (χ4n) is 1.36. The fourth-order valence-corrected chi connectivity index (χ4v) is 2.24. The molecule has 72 valence electrons. The summed E-state index contributed by atoms with van der Waals surface area (Å²) in [6.45, 7) is 2.61. The van der Waals surface area contributed by atoms with Crippen molar-refractivity contribution in [3.05, 3.63) is 34.8 Å². The monoisotopic (exact) mass is 204 g/mol. The van der Waals surface area contributed by atoms with Crippen molar-refractivity contribution in [1.82, 2.24) is 4.98 Å². The maximum absolute atomic E-state index is 5.40. The van der Waals surface area contributed by atoms with E-state index in [9.17, 15) is 0 Å². The number of nitrogens with two attached hydrogens (primary N) is 1. The minimum Gasteiger partial charge on any atom is -0.327 e. The molecule has 0 radical (unpaired) electrons. The summed E-state index contributed by atoms with van der Waals surface area (Å²) >= 11 is 1.72. The first-order chi connectivity index (χ1) is 6.79. The molecule has 2 aromatic rings.